The van der Waals surface area contributed by atoms with Crippen molar-refractivity contribution in [3.63, 3.8) is 0 Å². The molecule has 1 heterocycles. The standard InChI is InChI=1S/C23H29N3O/c1-19(2)26(17-20-7-5-4-6-8-20)15-16-27-18-21-9-11-22(12-10-21)23-13-14-24-25(23)3/h4-14,19H,15-18H2,1-3H3. The van der Waals surface area contributed by atoms with Gasteiger partial charge < -0.3 is 4.74 Å². The molecule has 3 rings (SSSR count). The fourth-order valence-corrected chi connectivity index (χ4v) is 3.14. The van der Waals surface area contributed by atoms with Crippen LogP contribution in [0.1, 0.15) is 25.0 Å². The number of ether oxygens (including phenoxy) is 1. The summed E-state index contributed by atoms with van der Waals surface area (Å²) >= 11 is 0. The molecular formula is C23H29N3O. The fourth-order valence-electron chi connectivity index (χ4n) is 3.14. The van der Waals surface area contributed by atoms with Crippen molar-refractivity contribution >= 4 is 0 Å². The quantitative estimate of drug-likeness (QED) is 0.524. The van der Waals surface area contributed by atoms with Gasteiger partial charge in [0, 0.05) is 32.4 Å². The van der Waals surface area contributed by atoms with E-state index in [2.05, 4.69) is 78.4 Å². The van der Waals surface area contributed by atoms with E-state index in [0.29, 0.717) is 12.6 Å². The Balaban J connectivity index is 1.46. The van der Waals surface area contributed by atoms with E-state index in [-0.39, 0.29) is 0 Å². The highest BCUT2D eigenvalue weighted by Crippen LogP contribution is 2.19. The molecule has 4 heteroatoms. The SMILES string of the molecule is CC(C)N(CCOCc1ccc(-c2ccnn2C)cc1)Cc1ccccc1. The normalized spacial score (nSPS) is 11.4. The van der Waals surface area contributed by atoms with Crippen molar-refractivity contribution < 1.29 is 4.74 Å². The zero-order chi connectivity index (χ0) is 19.1. The highest BCUT2D eigenvalue weighted by molar-refractivity contribution is 5.59. The van der Waals surface area contributed by atoms with Crippen LogP contribution < -0.4 is 0 Å². The zero-order valence-corrected chi connectivity index (χ0v) is 16.5. The smallest absolute Gasteiger partial charge is 0.0717 e. The van der Waals surface area contributed by atoms with Crippen molar-refractivity contribution in [2.24, 2.45) is 7.05 Å². The third kappa shape index (κ3) is 5.52. The van der Waals surface area contributed by atoms with Gasteiger partial charge >= 0.3 is 0 Å². The van der Waals surface area contributed by atoms with Crippen LogP contribution in [0.25, 0.3) is 11.3 Å². The Bertz CT molecular complexity index is 809. The Hall–Kier alpha value is -2.43. The zero-order valence-electron chi connectivity index (χ0n) is 16.5. The van der Waals surface area contributed by atoms with E-state index in [1.807, 2.05) is 24.0 Å². The molecule has 0 fully saturated rings. The van der Waals surface area contributed by atoms with Crippen molar-refractivity contribution in [3.05, 3.63) is 78.0 Å². The summed E-state index contributed by atoms with van der Waals surface area (Å²) in [7, 11) is 1.96. The molecule has 4 nitrogen and oxygen atoms in total. The van der Waals surface area contributed by atoms with E-state index in [1.54, 1.807) is 0 Å². The molecule has 2 aromatic carbocycles. The van der Waals surface area contributed by atoms with Gasteiger partial charge in [-0.2, -0.15) is 5.10 Å². The summed E-state index contributed by atoms with van der Waals surface area (Å²) in [6.45, 7) is 7.73. The highest BCUT2D eigenvalue weighted by atomic mass is 16.5. The number of hydrogen-bond acceptors (Lipinski definition) is 3. The molecule has 0 aliphatic rings. The number of benzene rings is 2. The van der Waals surface area contributed by atoms with Crippen molar-refractivity contribution in [1.82, 2.24) is 14.7 Å². The molecule has 0 saturated carbocycles. The maximum Gasteiger partial charge on any atom is 0.0717 e. The van der Waals surface area contributed by atoms with Gasteiger partial charge in [0.1, 0.15) is 0 Å². The number of rotatable bonds is 9. The van der Waals surface area contributed by atoms with Crippen LogP contribution in [0.4, 0.5) is 0 Å². The molecule has 0 N–H and O–H groups in total. The Kier molecular flexibility index (Phi) is 6.80. The summed E-state index contributed by atoms with van der Waals surface area (Å²) in [4.78, 5) is 2.45. The van der Waals surface area contributed by atoms with E-state index in [1.165, 1.54) is 16.7 Å². The summed E-state index contributed by atoms with van der Waals surface area (Å²) in [5.74, 6) is 0. The van der Waals surface area contributed by atoms with E-state index < -0.39 is 0 Å². The topological polar surface area (TPSA) is 30.3 Å². The third-order valence-electron chi connectivity index (χ3n) is 4.82. The largest absolute Gasteiger partial charge is 0.375 e. The van der Waals surface area contributed by atoms with Crippen LogP contribution in [0.15, 0.2) is 66.9 Å². The molecule has 0 radical (unpaired) electrons. The average molecular weight is 364 g/mol. The molecule has 1 aromatic heterocycles. The van der Waals surface area contributed by atoms with Gasteiger partial charge in [0.05, 0.1) is 18.9 Å². The second-order valence-electron chi connectivity index (χ2n) is 7.14. The van der Waals surface area contributed by atoms with Crippen molar-refractivity contribution in [2.45, 2.75) is 33.0 Å². The van der Waals surface area contributed by atoms with Crippen LogP contribution in [0.3, 0.4) is 0 Å². The molecule has 0 aliphatic carbocycles. The predicted molar refractivity (Wildman–Crippen MR) is 110 cm³/mol. The first-order chi connectivity index (χ1) is 13.1. The lowest BCUT2D eigenvalue weighted by Crippen LogP contribution is -2.33. The van der Waals surface area contributed by atoms with Gasteiger partial charge in [-0.3, -0.25) is 9.58 Å². The van der Waals surface area contributed by atoms with Gasteiger partial charge in [-0.1, -0.05) is 54.6 Å². The van der Waals surface area contributed by atoms with E-state index >= 15 is 0 Å². The lowest BCUT2D eigenvalue weighted by atomic mass is 10.1. The van der Waals surface area contributed by atoms with Gasteiger partial charge in [0.2, 0.25) is 0 Å². The lowest BCUT2D eigenvalue weighted by molar-refractivity contribution is 0.0797. The number of nitrogens with zero attached hydrogens (tertiary/aromatic N) is 3. The summed E-state index contributed by atoms with van der Waals surface area (Å²) in [6, 6.07) is 21.7. The lowest BCUT2D eigenvalue weighted by Gasteiger charge is -2.26. The minimum Gasteiger partial charge on any atom is -0.375 e. The Morgan fingerprint density at radius 3 is 2.33 bits per heavy atom. The van der Waals surface area contributed by atoms with Gasteiger partial charge in [-0.15, -0.1) is 0 Å². The van der Waals surface area contributed by atoms with E-state index in [0.717, 1.165) is 25.4 Å². The summed E-state index contributed by atoms with van der Waals surface area (Å²) in [5.41, 5.74) is 4.83. The van der Waals surface area contributed by atoms with Crippen LogP contribution in [0, 0.1) is 0 Å². The Labute approximate surface area is 162 Å². The van der Waals surface area contributed by atoms with Crippen LogP contribution in [0.2, 0.25) is 0 Å². The molecule has 0 unspecified atom stereocenters. The highest BCUT2D eigenvalue weighted by Gasteiger charge is 2.10. The minimum atomic E-state index is 0.493. The Morgan fingerprint density at radius 1 is 0.963 bits per heavy atom. The summed E-state index contributed by atoms with van der Waals surface area (Å²) in [5, 5.41) is 4.22. The van der Waals surface area contributed by atoms with Gasteiger partial charge in [0.15, 0.2) is 0 Å². The van der Waals surface area contributed by atoms with Crippen LogP contribution >= 0.6 is 0 Å². The molecular weight excluding hydrogens is 334 g/mol. The fraction of sp³-hybridized carbons (Fsp3) is 0.348. The van der Waals surface area contributed by atoms with Gasteiger partial charge in [-0.25, -0.2) is 0 Å². The molecule has 3 aromatic rings. The first kappa shape index (κ1) is 19.3. The summed E-state index contributed by atoms with van der Waals surface area (Å²) < 4.78 is 7.82. The van der Waals surface area contributed by atoms with Gasteiger partial charge in [-0.05, 0) is 36.6 Å². The number of aromatic nitrogens is 2. The summed E-state index contributed by atoms with van der Waals surface area (Å²) in [6.07, 6.45) is 1.82. The first-order valence-electron chi connectivity index (χ1n) is 9.56. The Morgan fingerprint density at radius 2 is 1.70 bits per heavy atom. The maximum atomic E-state index is 5.93. The van der Waals surface area contributed by atoms with E-state index in [9.17, 15) is 0 Å². The molecule has 0 saturated heterocycles. The third-order valence-corrected chi connectivity index (χ3v) is 4.82. The monoisotopic (exact) mass is 363 g/mol. The second kappa shape index (κ2) is 9.49. The van der Waals surface area contributed by atoms with Crippen molar-refractivity contribution in [1.29, 1.82) is 0 Å². The van der Waals surface area contributed by atoms with E-state index in [4.69, 9.17) is 4.74 Å². The number of aryl methyl sites for hydroxylation is 1. The number of hydrogen-bond donors (Lipinski definition) is 0. The molecule has 0 spiro atoms. The molecule has 0 atom stereocenters. The van der Waals surface area contributed by atoms with Crippen molar-refractivity contribution in [3.8, 4) is 11.3 Å². The van der Waals surface area contributed by atoms with Crippen LogP contribution in [0.5, 0.6) is 0 Å². The van der Waals surface area contributed by atoms with Crippen LogP contribution in [-0.4, -0.2) is 33.9 Å². The molecule has 0 amide bonds. The second-order valence-corrected chi connectivity index (χ2v) is 7.14. The molecule has 27 heavy (non-hydrogen) atoms. The average Bonchev–Trinajstić information content (AvgIpc) is 3.11. The maximum absolute atomic E-state index is 5.93. The minimum absolute atomic E-state index is 0.493. The van der Waals surface area contributed by atoms with Gasteiger partial charge in [0.25, 0.3) is 0 Å². The van der Waals surface area contributed by atoms with Crippen LogP contribution in [-0.2, 0) is 24.9 Å². The van der Waals surface area contributed by atoms with Crippen molar-refractivity contribution in [2.75, 3.05) is 13.2 Å². The first-order valence-corrected chi connectivity index (χ1v) is 9.56. The molecule has 0 aliphatic heterocycles. The molecule has 0 bridgehead atoms. The predicted octanol–water partition coefficient (Wildman–Crippen LogP) is 4.51. The molecule has 142 valence electrons.